The third-order valence-electron chi connectivity index (χ3n) is 3.42. The van der Waals surface area contributed by atoms with Crippen LogP contribution in [0.25, 0.3) is 33.5 Å². The quantitative estimate of drug-likeness (QED) is 0.583. The third kappa shape index (κ3) is 1.98. The van der Waals surface area contributed by atoms with E-state index >= 15 is 0 Å². The van der Waals surface area contributed by atoms with Crippen LogP contribution in [0.5, 0.6) is 0 Å². The fourth-order valence-corrected chi connectivity index (χ4v) is 2.80. The minimum Gasteiger partial charge on any atom is -0.356 e. The molecule has 108 valence electrons. The highest BCUT2D eigenvalue weighted by Crippen LogP contribution is 2.40. The van der Waals surface area contributed by atoms with Gasteiger partial charge in [0.05, 0.1) is 28.0 Å². The summed E-state index contributed by atoms with van der Waals surface area (Å²) in [6, 6.07) is 7.31. The molecule has 1 aromatic carbocycles. The Hall–Kier alpha value is -2.37. The van der Waals surface area contributed by atoms with Gasteiger partial charge in [-0.05, 0) is 12.1 Å². The molecule has 0 aliphatic carbocycles. The van der Waals surface area contributed by atoms with Crippen LogP contribution >= 0.6 is 23.2 Å². The first-order valence-corrected chi connectivity index (χ1v) is 7.19. The van der Waals surface area contributed by atoms with Gasteiger partial charge in [0.2, 0.25) is 0 Å². The average Bonchev–Trinajstić information content (AvgIpc) is 3.16. The molecule has 0 saturated carbocycles. The average molecular weight is 331 g/mol. The maximum atomic E-state index is 6.30. The van der Waals surface area contributed by atoms with E-state index in [0.717, 1.165) is 22.1 Å². The van der Waals surface area contributed by atoms with Crippen LogP contribution in [0.4, 0.5) is 0 Å². The summed E-state index contributed by atoms with van der Waals surface area (Å²) in [6.45, 7) is 0. The zero-order chi connectivity index (χ0) is 15.1. The minimum atomic E-state index is 0.466. The van der Waals surface area contributed by atoms with Crippen molar-refractivity contribution in [3.05, 3.63) is 52.9 Å². The molecule has 7 heteroatoms. The van der Waals surface area contributed by atoms with Crippen molar-refractivity contribution < 1.29 is 4.52 Å². The molecule has 1 N–H and O–H groups in total. The van der Waals surface area contributed by atoms with Gasteiger partial charge >= 0.3 is 0 Å². The number of aromatic amines is 1. The number of halogens is 2. The van der Waals surface area contributed by atoms with Crippen LogP contribution in [-0.4, -0.2) is 20.3 Å². The Morgan fingerprint density at radius 1 is 1.05 bits per heavy atom. The fraction of sp³-hybridized carbons (Fsp3) is 0. The number of hydrogen-bond acceptors (Lipinski definition) is 4. The first-order chi connectivity index (χ1) is 10.8. The van der Waals surface area contributed by atoms with Crippen molar-refractivity contribution in [1.82, 2.24) is 20.3 Å². The zero-order valence-electron chi connectivity index (χ0n) is 11.0. The van der Waals surface area contributed by atoms with Gasteiger partial charge in [-0.25, -0.2) is 0 Å². The second-order valence-electron chi connectivity index (χ2n) is 4.67. The second kappa shape index (κ2) is 5.12. The van der Waals surface area contributed by atoms with Crippen molar-refractivity contribution in [2.45, 2.75) is 0 Å². The number of nitrogens with one attached hydrogen (secondary N) is 1. The van der Waals surface area contributed by atoms with Crippen molar-refractivity contribution in [1.29, 1.82) is 0 Å². The maximum Gasteiger partial charge on any atom is 0.176 e. The van der Waals surface area contributed by atoms with E-state index in [-0.39, 0.29) is 0 Å². The van der Waals surface area contributed by atoms with Crippen LogP contribution < -0.4 is 0 Å². The van der Waals surface area contributed by atoms with Gasteiger partial charge in [-0.3, -0.25) is 0 Å². The summed E-state index contributed by atoms with van der Waals surface area (Å²) in [4.78, 5) is 3.06. The molecule has 0 unspecified atom stereocenters. The van der Waals surface area contributed by atoms with Crippen LogP contribution in [0.3, 0.4) is 0 Å². The van der Waals surface area contributed by atoms with Crippen molar-refractivity contribution in [3.63, 3.8) is 0 Å². The van der Waals surface area contributed by atoms with Gasteiger partial charge in [0.1, 0.15) is 0 Å². The van der Waals surface area contributed by atoms with Crippen LogP contribution in [-0.2, 0) is 0 Å². The molecule has 3 aromatic heterocycles. The lowest BCUT2D eigenvalue weighted by atomic mass is 10.0. The largest absolute Gasteiger partial charge is 0.356 e. The molecule has 4 aromatic rings. The molecule has 22 heavy (non-hydrogen) atoms. The molecular formula is C15H8Cl2N4O. The Kier molecular flexibility index (Phi) is 3.10. The Morgan fingerprint density at radius 3 is 2.86 bits per heavy atom. The molecule has 5 nitrogen and oxygen atoms in total. The summed E-state index contributed by atoms with van der Waals surface area (Å²) in [5.74, 6) is 0.600. The Bertz CT molecular complexity index is 977. The molecule has 0 atom stereocenters. The van der Waals surface area contributed by atoms with Gasteiger partial charge in [0, 0.05) is 22.7 Å². The number of H-pyrrole nitrogens is 1. The molecule has 4 rings (SSSR count). The smallest absolute Gasteiger partial charge is 0.176 e. The van der Waals surface area contributed by atoms with E-state index < -0.39 is 0 Å². The van der Waals surface area contributed by atoms with Gasteiger partial charge in [0.15, 0.2) is 11.4 Å². The van der Waals surface area contributed by atoms with Crippen LogP contribution in [0.1, 0.15) is 0 Å². The summed E-state index contributed by atoms with van der Waals surface area (Å²) in [6.07, 6.45) is 5.06. The lowest BCUT2D eigenvalue weighted by Gasteiger charge is -2.04. The van der Waals surface area contributed by atoms with Gasteiger partial charge < -0.3 is 9.51 Å². The predicted molar refractivity (Wildman–Crippen MR) is 84.8 cm³/mol. The maximum absolute atomic E-state index is 6.30. The molecule has 0 radical (unpaired) electrons. The lowest BCUT2D eigenvalue weighted by molar-refractivity contribution is 0.433. The summed E-state index contributed by atoms with van der Waals surface area (Å²) in [5.41, 5.74) is 3.05. The first kappa shape index (κ1) is 13.3. The molecule has 0 aliphatic rings. The highest BCUT2D eigenvalue weighted by Gasteiger charge is 2.19. The van der Waals surface area contributed by atoms with Gasteiger partial charge in [-0.1, -0.05) is 40.5 Å². The molecule has 3 heterocycles. The molecule has 0 fully saturated rings. The summed E-state index contributed by atoms with van der Waals surface area (Å²) in [5, 5.41) is 13.6. The van der Waals surface area contributed by atoms with Gasteiger partial charge in [-0.15, -0.1) is 5.10 Å². The highest BCUT2D eigenvalue weighted by molar-refractivity contribution is 6.43. The van der Waals surface area contributed by atoms with Crippen molar-refractivity contribution >= 4 is 34.2 Å². The number of rotatable bonds is 2. The zero-order valence-corrected chi connectivity index (χ0v) is 12.6. The van der Waals surface area contributed by atoms with E-state index in [4.69, 9.17) is 27.7 Å². The van der Waals surface area contributed by atoms with Crippen molar-refractivity contribution in [2.24, 2.45) is 0 Å². The number of fused-ring (bicyclic) bond motifs is 1. The highest BCUT2D eigenvalue weighted by atomic mass is 35.5. The molecule has 0 spiro atoms. The first-order valence-electron chi connectivity index (χ1n) is 6.44. The SMILES string of the molecule is Clc1cccc(-c2cnoc2-c2c[nH]c3nnccc23)c1Cl. The number of benzene rings is 1. The van der Waals surface area contributed by atoms with Gasteiger partial charge in [0.25, 0.3) is 0 Å². The normalized spacial score (nSPS) is 11.2. The van der Waals surface area contributed by atoms with Crippen LogP contribution in [0.2, 0.25) is 10.0 Å². The number of hydrogen-bond donors (Lipinski definition) is 1. The number of nitrogens with zero attached hydrogens (tertiary/aromatic N) is 3. The Labute approximate surface area is 134 Å². The molecule has 0 saturated heterocycles. The summed E-state index contributed by atoms with van der Waals surface area (Å²) < 4.78 is 5.45. The van der Waals surface area contributed by atoms with E-state index in [1.807, 2.05) is 24.4 Å². The van der Waals surface area contributed by atoms with E-state index in [1.54, 1.807) is 18.5 Å². The molecule has 0 bridgehead atoms. The fourth-order valence-electron chi connectivity index (χ4n) is 2.40. The van der Waals surface area contributed by atoms with Crippen LogP contribution in [0, 0.1) is 0 Å². The summed E-state index contributed by atoms with van der Waals surface area (Å²) in [7, 11) is 0. The molecule has 0 aliphatic heterocycles. The van der Waals surface area contributed by atoms with E-state index in [0.29, 0.717) is 21.5 Å². The predicted octanol–water partition coefficient (Wildman–Crippen LogP) is 4.59. The number of aromatic nitrogens is 4. The third-order valence-corrected chi connectivity index (χ3v) is 4.24. The van der Waals surface area contributed by atoms with E-state index in [2.05, 4.69) is 20.3 Å². The standard InChI is InChI=1S/C15H8Cl2N4O/c16-12-3-1-2-8(13(12)17)11-7-20-22-14(11)10-6-18-15-9(10)4-5-19-21-15/h1-7H,(H,18,21). The topological polar surface area (TPSA) is 67.6 Å². The molecular weight excluding hydrogens is 323 g/mol. The van der Waals surface area contributed by atoms with Gasteiger partial charge in [-0.2, -0.15) is 5.10 Å². The summed E-state index contributed by atoms with van der Waals surface area (Å²) >= 11 is 12.4. The van der Waals surface area contributed by atoms with Crippen molar-refractivity contribution in [2.75, 3.05) is 0 Å². The monoisotopic (exact) mass is 330 g/mol. The minimum absolute atomic E-state index is 0.466. The Balaban J connectivity index is 1.96. The lowest BCUT2D eigenvalue weighted by Crippen LogP contribution is -1.83. The van der Waals surface area contributed by atoms with E-state index in [1.165, 1.54) is 0 Å². The van der Waals surface area contributed by atoms with Crippen molar-refractivity contribution in [3.8, 4) is 22.5 Å². The Morgan fingerprint density at radius 2 is 1.95 bits per heavy atom. The second-order valence-corrected chi connectivity index (χ2v) is 5.45. The van der Waals surface area contributed by atoms with E-state index in [9.17, 15) is 0 Å². The molecule has 0 amide bonds. The van der Waals surface area contributed by atoms with Crippen LogP contribution in [0.15, 0.2) is 47.4 Å².